The molecule has 0 radical (unpaired) electrons. The van der Waals surface area contributed by atoms with E-state index >= 15 is 0 Å². The van der Waals surface area contributed by atoms with Gasteiger partial charge in [0.25, 0.3) is 5.91 Å². The van der Waals surface area contributed by atoms with Gasteiger partial charge in [0.15, 0.2) is 6.61 Å². The third-order valence-electron chi connectivity index (χ3n) is 5.96. The number of nitrogens with zero attached hydrogens (tertiary/aromatic N) is 4. The summed E-state index contributed by atoms with van der Waals surface area (Å²) in [6.07, 6.45) is 3.53. The topological polar surface area (TPSA) is 94.9 Å². The standard InChI is InChI=1S/C24H23ClFN5O2/c25-19-3-6-21(18(11-19)12-22-28-16-29-30-22)33-14-23(32)31-9-7-24(15-27,8-10-31)13-17-1-4-20(26)5-2-17/h1-6,11,16H,7-10,12-14H2,(H,28,29,30). The van der Waals surface area contributed by atoms with Crippen molar-refractivity contribution in [2.75, 3.05) is 19.7 Å². The lowest BCUT2D eigenvalue weighted by Crippen LogP contribution is -2.45. The van der Waals surface area contributed by atoms with Crippen LogP contribution in [0.15, 0.2) is 48.8 Å². The Morgan fingerprint density at radius 2 is 2.00 bits per heavy atom. The van der Waals surface area contributed by atoms with Crippen molar-refractivity contribution in [1.82, 2.24) is 20.1 Å². The van der Waals surface area contributed by atoms with Crippen LogP contribution in [-0.4, -0.2) is 45.7 Å². The van der Waals surface area contributed by atoms with Gasteiger partial charge in [0.05, 0.1) is 11.5 Å². The lowest BCUT2D eigenvalue weighted by molar-refractivity contribution is -0.135. The molecular formula is C24H23ClFN5O2. The highest BCUT2D eigenvalue weighted by atomic mass is 35.5. The number of carbonyl (C=O) groups excluding carboxylic acids is 1. The quantitative estimate of drug-likeness (QED) is 0.567. The second-order valence-electron chi connectivity index (χ2n) is 8.23. The Balaban J connectivity index is 1.34. The van der Waals surface area contributed by atoms with Crippen molar-refractivity contribution >= 4 is 17.5 Å². The molecule has 2 heterocycles. The normalized spacial score (nSPS) is 15.1. The zero-order valence-corrected chi connectivity index (χ0v) is 18.7. The molecule has 0 bridgehead atoms. The molecule has 33 heavy (non-hydrogen) atoms. The van der Waals surface area contributed by atoms with Crippen molar-refractivity contribution in [1.29, 1.82) is 5.26 Å². The predicted octanol–water partition coefficient (Wildman–Crippen LogP) is 3.94. The summed E-state index contributed by atoms with van der Waals surface area (Å²) in [5.41, 5.74) is 1.16. The molecule has 1 saturated heterocycles. The largest absolute Gasteiger partial charge is 0.483 e. The van der Waals surface area contributed by atoms with Gasteiger partial charge < -0.3 is 9.64 Å². The molecule has 1 N–H and O–H groups in total. The number of piperidine rings is 1. The van der Waals surface area contributed by atoms with Crippen molar-refractivity contribution in [2.24, 2.45) is 5.41 Å². The number of benzene rings is 2. The zero-order valence-electron chi connectivity index (χ0n) is 17.9. The van der Waals surface area contributed by atoms with Crippen molar-refractivity contribution < 1.29 is 13.9 Å². The number of ether oxygens (including phenoxy) is 1. The van der Waals surface area contributed by atoms with E-state index in [1.54, 1.807) is 35.2 Å². The Hall–Kier alpha value is -3.44. The second-order valence-corrected chi connectivity index (χ2v) is 8.66. The fourth-order valence-electron chi connectivity index (χ4n) is 4.06. The molecule has 170 valence electrons. The molecule has 7 nitrogen and oxygen atoms in total. The number of carbonyl (C=O) groups is 1. The van der Waals surface area contributed by atoms with Crippen molar-refractivity contribution in [2.45, 2.75) is 25.7 Å². The van der Waals surface area contributed by atoms with Crippen LogP contribution in [0.2, 0.25) is 5.02 Å². The number of amides is 1. The van der Waals surface area contributed by atoms with Gasteiger partial charge in [-0.3, -0.25) is 9.89 Å². The van der Waals surface area contributed by atoms with Gasteiger partial charge in [0.1, 0.15) is 23.7 Å². The molecule has 1 aromatic heterocycles. The maximum Gasteiger partial charge on any atom is 0.260 e. The highest BCUT2D eigenvalue weighted by Crippen LogP contribution is 2.35. The van der Waals surface area contributed by atoms with Crippen molar-refractivity contribution in [3.8, 4) is 11.8 Å². The van der Waals surface area contributed by atoms with Crippen LogP contribution in [0.1, 0.15) is 29.8 Å². The number of aromatic amines is 1. The number of nitrogens with one attached hydrogen (secondary N) is 1. The lowest BCUT2D eigenvalue weighted by Gasteiger charge is -2.37. The van der Waals surface area contributed by atoms with E-state index in [-0.39, 0.29) is 18.3 Å². The maximum atomic E-state index is 13.2. The molecule has 1 fully saturated rings. The summed E-state index contributed by atoms with van der Waals surface area (Å²) >= 11 is 6.13. The average Bonchev–Trinajstić information content (AvgIpc) is 3.33. The van der Waals surface area contributed by atoms with Gasteiger partial charge in [-0.05, 0) is 55.2 Å². The Morgan fingerprint density at radius 1 is 1.24 bits per heavy atom. The first-order valence-electron chi connectivity index (χ1n) is 10.7. The Labute approximate surface area is 196 Å². The molecule has 0 unspecified atom stereocenters. The van der Waals surface area contributed by atoms with E-state index in [0.717, 1.165) is 11.1 Å². The van der Waals surface area contributed by atoms with Gasteiger partial charge >= 0.3 is 0 Å². The third-order valence-corrected chi connectivity index (χ3v) is 6.20. The molecule has 0 spiro atoms. The van der Waals surface area contributed by atoms with Gasteiger partial charge in [-0.25, -0.2) is 9.37 Å². The Kier molecular flexibility index (Phi) is 6.90. The van der Waals surface area contributed by atoms with E-state index in [0.29, 0.717) is 55.4 Å². The second kappa shape index (κ2) is 10.0. The van der Waals surface area contributed by atoms with Crippen LogP contribution in [-0.2, 0) is 17.6 Å². The monoisotopic (exact) mass is 467 g/mol. The minimum absolute atomic E-state index is 0.109. The Bertz CT molecular complexity index is 1140. The van der Waals surface area contributed by atoms with Crippen LogP contribution in [0.3, 0.4) is 0 Å². The SMILES string of the molecule is N#CC1(Cc2ccc(F)cc2)CCN(C(=O)COc2ccc(Cl)cc2Cc2ncn[nH]2)CC1. The summed E-state index contributed by atoms with van der Waals surface area (Å²) in [5.74, 6) is 0.793. The van der Waals surface area contributed by atoms with Gasteiger partial charge in [-0.1, -0.05) is 23.7 Å². The molecule has 1 amide bonds. The first-order chi connectivity index (χ1) is 16.0. The number of halogens is 2. The fraction of sp³-hybridized carbons (Fsp3) is 0.333. The highest BCUT2D eigenvalue weighted by molar-refractivity contribution is 6.30. The van der Waals surface area contributed by atoms with Crippen LogP contribution in [0.25, 0.3) is 0 Å². The summed E-state index contributed by atoms with van der Waals surface area (Å²) in [4.78, 5) is 18.6. The maximum absolute atomic E-state index is 13.2. The molecule has 0 saturated carbocycles. The smallest absolute Gasteiger partial charge is 0.260 e. The van der Waals surface area contributed by atoms with Gasteiger partial charge in [-0.2, -0.15) is 10.4 Å². The predicted molar refractivity (Wildman–Crippen MR) is 120 cm³/mol. The number of nitriles is 1. The number of rotatable bonds is 7. The first kappa shape index (κ1) is 22.7. The van der Waals surface area contributed by atoms with Crippen molar-refractivity contribution in [3.63, 3.8) is 0 Å². The molecular weight excluding hydrogens is 445 g/mol. The van der Waals surface area contributed by atoms with Crippen molar-refractivity contribution in [3.05, 3.63) is 76.6 Å². The summed E-state index contributed by atoms with van der Waals surface area (Å²) in [5, 5.41) is 17.0. The Morgan fingerprint density at radius 3 is 2.67 bits per heavy atom. The third kappa shape index (κ3) is 5.68. The van der Waals surface area contributed by atoms with E-state index in [9.17, 15) is 14.4 Å². The number of hydrogen-bond donors (Lipinski definition) is 1. The summed E-state index contributed by atoms with van der Waals surface area (Å²) in [6.45, 7) is 0.841. The van der Waals surface area contributed by atoms with Crippen LogP contribution in [0.4, 0.5) is 4.39 Å². The molecule has 1 aliphatic heterocycles. The zero-order chi connectivity index (χ0) is 23.3. The van der Waals surface area contributed by atoms with Gasteiger partial charge in [-0.15, -0.1) is 0 Å². The molecule has 4 rings (SSSR count). The van der Waals surface area contributed by atoms with Crippen LogP contribution < -0.4 is 4.74 Å². The minimum atomic E-state index is -0.560. The molecule has 0 aliphatic carbocycles. The van der Waals surface area contributed by atoms with E-state index in [2.05, 4.69) is 21.3 Å². The molecule has 1 aliphatic rings. The van der Waals surface area contributed by atoms with E-state index in [4.69, 9.17) is 16.3 Å². The van der Waals surface area contributed by atoms with E-state index < -0.39 is 5.41 Å². The van der Waals surface area contributed by atoms with E-state index in [1.807, 2.05) is 0 Å². The molecule has 2 aromatic carbocycles. The van der Waals surface area contributed by atoms with Gasteiger partial charge in [0.2, 0.25) is 0 Å². The fourth-order valence-corrected chi connectivity index (χ4v) is 4.25. The summed E-state index contributed by atoms with van der Waals surface area (Å²) in [7, 11) is 0. The number of H-pyrrole nitrogens is 1. The number of aromatic nitrogens is 3. The molecule has 9 heteroatoms. The highest BCUT2D eigenvalue weighted by Gasteiger charge is 2.36. The molecule has 0 atom stereocenters. The van der Waals surface area contributed by atoms with Crippen LogP contribution >= 0.6 is 11.6 Å². The average molecular weight is 468 g/mol. The summed E-state index contributed by atoms with van der Waals surface area (Å²) < 4.78 is 19.0. The van der Waals surface area contributed by atoms with E-state index in [1.165, 1.54) is 18.5 Å². The lowest BCUT2D eigenvalue weighted by atomic mass is 9.75. The molecule has 3 aromatic rings. The first-order valence-corrected chi connectivity index (χ1v) is 11.0. The van der Waals surface area contributed by atoms with Crippen LogP contribution in [0.5, 0.6) is 5.75 Å². The summed E-state index contributed by atoms with van der Waals surface area (Å²) in [6, 6.07) is 13.9. The number of likely N-dealkylation sites (tertiary alicyclic amines) is 1. The number of hydrogen-bond acceptors (Lipinski definition) is 5. The minimum Gasteiger partial charge on any atom is -0.483 e. The van der Waals surface area contributed by atoms with Gasteiger partial charge in [0, 0.05) is 30.1 Å². The van der Waals surface area contributed by atoms with Crippen LogP contribution in [0, 0.1) is 22.6 Å².